The highest BCUT2D eigenvalue weighted by molar-refractivity contribution is 6.26. The molecular weight excluding hydrogens is 635 g/mol. The van der Waals surface area contributed by atoms with Gasteiger partial charge >= 0.3 is 0 Å². The van der Waals surface area contributed by atoms with Crippen LogP contribution in [0, 0.1) is 11.3 Å². The van der Waals surface area contributed by atoms with E-state index in [2.05, 4.69) is 137 Å². The van der Waals surface area contributed by atoms with E-state index in [1.54, 1.807) is 0 Å². The van der Waals surface area contributed by atoms with Crippen LogP contribution in [-0.4, -0.2) is 19.1 Å². The number of para-hydroxylation sites is 2. The molecule has 52 heavy (non-hydrogen) atoms. The predicted octanol–water partition coefficient (Wildman–Crippen LogP) is 11.5. The Morgan fingerprint density at radius 1 is 0.423 bits per heavy atom. The third kappa shape index (κ3) is 4.70. The van der Waals surface area contributed by atoms with E-state index in [-0.39, 0.29) is 0 Å². The fraction of sp³-hybridized carbons (Fsp3) is 0. The number of rotatable bonds is 5. The minimum absolute atomic E-state index is 0.635. The summed E-state index contributed by atoms with van der Waals surface area (Å²) in [5.41, 5.74) is 11.9. The fourth-order valence-corrected chi connectivity index (χ4v) is 7.60. The van der Waals surface area contributed by atoms with Crippen molar-refractivity contribution in [1.82, 2.24) is 19.1 Å². The lowest BCUT2D eigenvalue weighted by molar-refractivity contribution is 1.17. The molecule has 0 atom stereocenters. The van der Waals surface area contributed by atoms with Crippen LogP contribution in [0.15, 0.2) is 176 Å². The second kappa shape index (κ2) is 11.9. The van der Waals surface area contributed by atoms with Crippen molar-refractivity contribution in [2.24, 2.45) is 0 Å². The van der Waals surface area contributed by atoms with E-state index in [0.717, 1.165) is 72.3 Å². The molecule has 3 heterocycles. The first-order valence-electron chi connectivity index (χ1n) is 17.3. The summed E-state index contributed by atoms with van der Waals surface area (Å²) in [6.07, 6.45) is 0. The number of nitrogens with zero attached hydrogens (tertiary/aromatic N) is 5. The number of fused-ring (bicyclic) bond motifs is 7. The molecule has 0 fully saturated rings. The summed E-state index contributed by atoms with van der Waals surface area (Å²) in [6.45, 7) is 0. The monoisotopic (exact) mass is 663 g/mol. The van der Waals surface area contributed by atoms with E-state index in [9.17, 15) is 5.26 Å². The molecule has 5 heteroatoms. The predicted molar refractivity (Wildman–Crippen MR) is 212 cm³/mol. The molecule has 0 bridgehead atoms. The molecule has 0 N–H and O–H groups in total. The Bertz CT molecular complexity index is 2930. The Balaban J connectivity index is 1.21. The van der Waals surface area contributed by atoms with Gasteiger partial charge in [0.2, 0.25) is 0 Å². The highest BCUT2D eigenvalue weighted by Gasteiger charge is 2.21. The van der Waals surface area contributed by atoms with Crippen molar-refractivity contribution in [3.05, 3.63) is 181 Å². The van der Waals surface area contributed by atoms with Crippen LogP contribution >= 0.6 is 0 Å². The average Bonchev–Trinajstić information content (AvgIpc) is 3.74. The zero-order valence-corrected chi connectivity index (χ0v) is 28.0. The van der Waals surface area contributed by atoms with E-state index < -0.39 is 0 Å². The van der Waals surface area contributed by atoms with E-state index in [4.69, 9.17) is 9.97 Å². The maximum atomic E-state index is 9.87. The molecular formula is C47H29N5. The van der Waals surface area contributed by atoms with Crippen molar-refractivity contribution < 1.29 is 0 Å². The van der Waals surface area contributed by atoms with Crippen molar-refractivity contribution in [3.8, 4) is 51.3 Å². The number of hydrogen-bond acceptors (Lipinski definition) is 3. The van der Waals surface area contributed by atoms with Crippen LogP contribution in [0.3, 0.4) is 0 Å². The SMILES string of the molecule is N#Cc1ccc2c3c(ccc4c5ccccc5n(-c5ccc(-c6cc(-c7ccccc7)nc(-c7ccccc7)n6)cc5)c43)n(-c3ccccc3)c2c1. The zero-order valence-electron chi connectivity index (χ0n) is 28.0. The molecule has 7 aromatic carbocycles. The molecule has 0 saturated heterocycles. The lowest BCUT2D eigenvalue weighted by Crippen LogP contribution is -1.97. The van der Waals surface area contributed by atoms with Gasteiger partial charge in [-0.3, -0.25) is 0 Å². The van der Waals surface area contributed by atoms with Crippen LogP contribution in [0.5, 0.6) is 0 Å². The summed E-state index contributed by atoms with van der Waals surface area (Å²) in [5, 5.41) is 14.5. The van der Waals surface area contributed by atoms with Gasteiger partial charge in [0.1, 0.15) is 0 Å². The summed E-state index contributed by atoms with van der Waals surface area (Å²) in [7, 11) is 0. The Morgan fingerprint density at radius 3 is 1.73 bits per heavy atom. The van der Waals surface area contributed by atoms with E-state index in [1.165, 1.54) is 10.8 Å². The summed E-state index contributed by atoms with van der Waals surface area (Å²) in [4.78, 5) is 10.0. The van der Waals surface area contributed by atoms with Gasteiger partial charge in [0.25, 0.3) is 0 Å². The van der Waals surface area contributed by atoms with Crippen LogP contribution in [0.1, 0.15) is 5.56 Å². The van der Waals surface area contributed by atoms with E-state index in [0.29, 0.717) is 11.4 Å². The molecule has 3 aromatic heterocycles. The van der Waals surface area contributed by atoms with Gasteiger partial charge < -0.3 is 9.13 Å². The summed E-state index contributed by atoms with van der Waals surface area (Å²) in [5.74, 6) is 0.695. The van der Waals surface area contributed by atoms with Gasteiger partial charge in [-0.15, -0.1) is 0 Å². The number of benzene rings is 7. The lowest BCUT2D eigenvalue weighted by Gasteiger charge is -2.12. The first kappa shape index (κ1) is 29.6. The molecule has 10 aromatic rings. The Kier molecular flexibility index (Phi) is 6.80. The molecule has 0 aliphatic rings. The Hall–Kier alpha value is -7.29. The average molecular weight is 664 g/mol. The summed E-state index contributed by atoms with van der Waals surface area (Å²) >= 11 is 0. The van der Waals surface area contributed by atoms with Gasteiger partial charge in [0.05, 0.1) is 45.1 Å². The Labute approximate surface area is 299 Å². The van der Waals surface area contributed by atoms with Crippen molar-refractivity contribution >= 4 is 43.6 Å². The van der Waals surface area contributed by atoms with Crippen molar-refractivity contribution in [3.63, 3.8) is 0 Å². The van der Waals surface area contributed by atoms with Gasteiger partial charge in [0, 0.05) is 49.6 Å². The van der Waals surface area contributed by atoms with Crippen molar-refractivity contribution in [2.45, 2.75) is 0 Å². The van der Waals surface area contributed by atoms with E-state index in [1.807, 2.05) is 54.6 Å². The lowest BCUT2D eigenvalue weighted by atomic mass is 10.1. The second-order valence-corrected chi connectivity index (χ2v) is 13.0. The molecule has 0 aliphatic heterocycles. The largest absolute Gasteiger partial charge is 0.309 e. The molecule has 0 amide bonds. The standard InChI is InChI=1S/C47H29N5/c48-30-31-20-25-39-44(28-31)51(35-16-8-3-9-17-35)43-27-26-38-37-18-10-11-19-42(37)52(46(38)45(39)43)36-23-21-33(22-24-36)41-29-40(32-12-4-1-5-13-32)49-47(50-41)34-14-6-2-7-15-34/h1-29H. The van der Waals surface area contributed by atoms with Crippen LogP contribution < -0.4 is 0 Å². The fourth-order valence-electron chi connectivity index (χ4n) is 7.60. The summed E-state index contributed by atoms with van der Waals surface area (Å²) in [6, 6.07) is 63.1. The topological polar surface area (TPSA) is 59.4 Å². The maximum Gasteiger partial charge on any atom is 0.160 e. The van der Waals surface area contributed by atoms with Crippen molar-refractivity contribution in [2.75, 3.05) is 0 Å². The third-order valence-electron chi connectivity index (χ3n) is 9.96. The van der Waals surface area contributed by atoms with Gasteiger partial charge in [-0.25, -0.2) is 9.97 Å². The van der Waals surface area contributed by atoms with Gasteiger partial charge in [0.15, 0.2) is 5.82 Å². The quantitative estimate of drug-likeness (QED) is 0.184. The Morgan fingerprint density at radius 2 is 1.02 bits per heavy atom. The van der Waals surface area contributed by atoms with Crippen LogP contribution in [0.25, 0.3) is 88.9 Å². The van der Waals surface area contributed by atoms with E-state index >= 15 is 0 Å². The minimum Gasteiger partial charge on any atom is -0.309 e. The first-order valence-corrected chi connectivity index (χ1v) is 17.3. The molecule has 0 unspecified atom stereocenters. The normalized spacial score (nSPS) is 11.4. The second-order valence-electron chi connectivity index (χ2n) is 13.0. The molecule has 0 spiro atoms. The van der Waals surface area contributed by atoms with Crippen LogP contribution in [0.4, 0.5) is 0 Å². The van der Waals surface area contributed by atoms with Crippen LogP contribution in [-0.2, 0) is 0 Å². The number of hydrogen-bond donors (Lipinski definition) is 0. The zero-order chi connectivity index (χ0) is 34.6. The summed E-state index contributed by atoms with van der Waals surface area (Å²) < 4.78 is 4.66. The van der Waals surface area contributed by atoms with Crippen molar-refractivity contribution in [1.29, 1.82) is 5.26 Å². The molecule has 0 radical (unpaired) electrons. The molecule has 242 valence electrons. The molecule has 10 rings (SSSR count). The first-order chi connectivity index (χ1) is 25.7. The third-order valence-corrected chi connectivity index (χ3v) is 9.96. The molecule has 0 saturated carbocycles. The minimum atomic E-state index is 0.635. The van der Waals surface area contributed by atoms with Gasteiger partial charge in [-0.05, 0) is 54.6 Å². The van der Waals surface area contributed by atoms with Crippen LogP contribution in [0.2, 0.25) is 0 Å². The number of aromatic nitrogens is 4. The maximum absolute atomic E-state index is 9.87. The highest BCUT2D eigenvalue weighted by atomic mass is 15.0. The molecule has 0 aliphatic carbocycles. The highest BCUT2D eigenvalue weighted by Crippen LogP contribution is 2.42. The number of nitriles is 1. The smallest absolute Gasteiger partial charge is 0.160 e. The molecule has 5 nitrogen and oxygen atoms in total. The van der Waals surface area contributed by atoms with Gasteiger partial charge in [-0.1, -0.05) is 121 Å². The van der Waals surface area contributed by atoms with Gasteiger partial charge in [-0.2, -0.15) is 5.26 Å².